The number of rotatable bonds is 6. The molecule has 0 radical (unpaired) electrons. The zero-order chi connectivity index (χ0) is 20.6. The van der Waals surface area contributed by atoms with Crippen molar-refractivity contribution in [3.63, 3.8) is 0 Å². The summed E-state index contributed by atoms with van der Waals surface area (Å²) in [7, 11) is -3.58. The second kappa shape index (κ2) is 8.14. The first-order valence-electron chi connectivity index (χ1n) is 9.87. The van der Waals surface area contributed by atoms with Crippen molar-refractivity contribution in [1.29, 1.82) is 0 Å². The average molecular weight is 435 g/mol. The molecular formula is C20H26N4O3S2. The molecule has 4 rings (SSSR count). The quantitative estimate of drug-likeness (QED) is 0.753. The van der Waals surface area contributed by atoms with E-state index in [1.54, 1.807) is 23.5 Å². The van der Waals surface area contributed by atoms with E-state index in [0.717, 1.165) is 48.7 Å². The maximum absolute atomic E-state index is 13.1. The molecule has 1 aromatic carbocycles. The molecule has 1 aliphatic heterocycles. The van der Waals surface area contributed by atoms with Gasteiger partial charge >= 0.3 is 0 Å². The lowest BCUT2D eigenvalue weighted by Gasteiger charge is -2.34. The molecule has 9 heteroatoms. The SMILES string of the molecule is Cc1nc(CN2CCN(C(=O)c3cc(S(=O)(=O)NC4CC4)ccc3C)CC2)cs1. The van der Waals surface area contributed by atoms with Crippen LogP contribution in [0.3, 0.4) is 0 Å². The number of nitrogens with zero attached hydrogens (tertiary/aromatic N) is 3. The lowest BCUT2D eigenvalue weighted by Crippen LogP contribution is -2.48. The Morgan fingerprint density at radius 3 is 2.55 bits per heavy atom. The molecule has 2 heterocycles. The lowest BCUT2D eigenvalue weighted by molar-refractivity contribution is 0.0626. The van der Waals surface area contributed by atoms with Crippen molar-refractivity contribution in [2.45, 2.75) is 44.2 Å². The van der Waals surface area contributed by atoms with Crippen LogP contribution in [0.2, 0.25) is 0 Å². The van der Waals surface area contributed by atoms with Crippen molar-refractivity contribution >= 4 is 27.3 Å². The molecule has 1 saturated heterocycles. The van der Waals surface area contributed by atoms with E-state index in [9.17, 15) is 13.2 Å². The van der Waals surface area contributed by atoms with Crippen LogP contribution < -0.4 is 4.72 Å². The first kappa shape index (κ1) is 20.5. The maximum atomic E-state index is 13.1. The molecule has 156 valence electrons. The third kappa shape index (κ3) is 4.85. The molecule has 0 atom stereocenters. The number of carbonyl (C=O) groups is 1. The highest BCUT2D eigenvalue weighted by molar-refractivity contribution is 7.89. The number of nitrogens with one attached hydrogen (secondary N) is 1. The van der Waals surface area contributed by atoms with Gasteiger partial charge in [0.05, 0.1) is 15.6 Å². The van der Waals surface area contributed by atoms with Gasteiger partial charge in [0.15, 0.2) is 0 Å². The highest BCUT2D eigenvalue weighted by Crippen LogP contribution is 2.24. The number of benzene rings is 1. The van der Waals surface area contributed by atoms with Gasteiger partial charge < -0.3 is 4.90 Å². The van der Waals surface area contributed by atoms with Crippen LogP contribution in [0.15, 0.2) is 28.5 Å². The zero-order valence-corrected chi connectivity index (χ0v) is 18.4. The molecule has 1 saturated carbocycles. The van der Waals surface area contributed by atoms with Crippen molar-refractivity contribution in [2.24, 2.45) is 0 Å². The molecule has 0 spiro atoms. The summed E-state index contributed by atoms with van der Waals surface area (Å²) in [5.41, 5.74) is 2.33. The first-order valence-corrected chi connectivity index (χ1v) is 12.2. The van der Waals surface area contributed by atoms with Crippen LogP contribution in [0.5, 0.6) is 0 Å². The number of piperazine rings is 1. The first-order chi connectivity index (χ1) is 13.8. The van der Waals surface area contributed by atoms with Gasteiger partial charge in [-0.05, 0) is 44.4 Å². The van der Waals surface area contributed by atoms with Crippen LogP contribution in [-0.2, 0) is 16.6 Å². The monoisotopic (exact) mass is 434 g/mol. The third-order valence-corrected chi connectivity index (χ3v) is 7.70. The number of aryl methyl sites for hydroxylation is 2. The van der Waals surface area contributed by atoms with Crippen molar-refractivity contribution in [1.82, 2.24) is 19.5 Å². The fourth-order valence-electron chi connectivity index (χ4n) is 3.48. The van der Waals surface area contributed by atoms with Gasteiger partial charge in [-0.3, -0.25) is 9.69 Å². The summed E-state index contributed by atoms with van der Waals surface area (Å²) in [5, 5.41) is 3.15. The second-order valence-electron chi connectivity index (χ2n) is 7.80. The number of hydrogen-bond donors (Lipinski definition) is 1. The summed E-state index contributed by atoms with van der Waals surface area (Å²) in [6, 6.07) is 4.85. The van der Waals surface area contributed by atoms with E-state index >= 15 is 0 Å². The van der Waals surface area contributed by atoms with E-state index in [4.69, 9.17) is 0 Å². The fourth-order valence-corrected chi connectivity index (χ4v) is 5.41. The zero-order valence-electron chi connectivity index (χ0n) is 16.7. The van der Waals surface area contributed by atoms with Crippen LogP contribution in [0.1, 0.15) is 39.5 Å². The highest BCUT2D eigenvalue weighted by Gasteiger charge is 2.29. The molecule has 2 aromatic rings. The molecular weight excluding hydrogens is 408 g/mol. The number of aromatic nitrogens is 1. The molecule has 2 aliphatic rings. The van der Waals surface area contributed by atoms with Crippen LogP contribution in [0.4, 0.5) is 0 Å². The average Bonchev–Trinajstić information content (AvgIpc) is 3.40. The normalized spacial score (nSPS) is 18.2. The van der Waals surface area contributed by atoms with Crippen LogP contribution >= 0.6 is 11.3 Å². The molecule has 0 bridgehead atoms. The summed E-state index contributed by atoms with van der Waals surface area (Å²) in [6.07, 6.45) is 1.75. The minimum Gasteiger partial charge on any atom is -0.336 e. The Balaban J connectivity index is 1.42. The van der Waals surface area contributed by atoms with E-state index in [-0.39, 0.29) is 16.8 Å². The standard InChI is InChI=1S/C20H26N4O3S2/c1-14-3-6-18(29(26,27)22-16-4-5-16)11-19(14)20(25)24-9-7-23(8-10-24)12-17-13-28-15(2)21-17/h3,6,11,13,16,22H,4-5,7-10,12H2,1-2H3. The number of thiazole rings is 1. The van der Waals surface area contributed by atoms with Gasteiger partial charge in [-0.25, -0.2) is 18.1 Å². The number of carbonyl (C=O) groups excluding carboxylic acids is 1. The van der Waals surface area contributed by atoms with Crippen molar-refractivity contribution in [3.05, 3.63) is 45.4 Å². The van der Waals surface area contributed by atoms with E-state index in [2.05, 4.69) is 20.0 Å². The van der Waals surface area contributed by atoms with E-state index in [1.165, 1.54) is 6.07 Å². The molecule has 29 heavy (non-hydrogen) atoms. The molecule has 1 aromatic heterocycles. The van der Waals surface area contributed by atoms with Gasteiger partial charge in [0, 0.05) is 49.7 Å². The van der Waals surface area contributed by atoms with Crippen LogP contribution in [0, 0.1) is 13.8 Å². The van der Waals surface area contributed by atoms with Crippen molar-refractivity contribution < 1.29 is 13.2 Å². The minimum absolute atomic E-state index is 0.0371. The molecule has 7 nitrogen and oxygen atoms in total. The van der Waals surface area contributed by atoms with Crippen molar-refractivity contribution in [2.75, 3.05) is 26.2 Å². The number of amides is 1. The minimum atomic E-state index is -3.58. The third-order valence-electron chi connectivity index (χ3n) is 5.36. The molecule has 0 unspecified atom stereocenters. The predicted octanol–water partition coefficient (Wildman–Crippen LogP) is 2.16. The Morgan fingerprint density at radius 2 is 1.93 bits per heavy atom. The van der Waals surface area contributed by atoms with E-state index in [0.29, 0.717) is 18.7 Å². The van der Waals surface area contributed by atoms with Crippen LogP contribution in [0.25, 0.3) is 0 Å². The van der Waals surface area contributed by atoms with Crippen LogP contribution in [-0.4, -0.2) is 61.3 Å². The largest absolute Gasteiger partial charge is 0.336 e. The Morgan fingerprint density at radius 1 is 1.21 bits per heavy atom. The lowest BCUT2D eigenvalue weighted by atomic mass is 10.1. The molecule has 1 amide bonds. The number of sulfonamides is 1. The Kier molecular flexibility index (Phi) is 5.74. The Labute approximate surface area is 175 Å². The van der Waals surface area contributed by atoms with Gasteiger partial charge in [0.2, 0.25) is 10.0 Å². The maximum Gasteiger partial charge on any atom is 0.254 e. The van der Waals surface area contributed by atoms with Gasteiger partial charge in [0.1, 0.15) is 0 Å². The smallest absolute Gasteiger partial charge is 0.254 e. The van der Waals surface area contributed by atoms with Gasteiger partial charge in [-0.15, -0.1) is 11.3 Å². The Bertz CT molecular complexity index is 1010. The molecule has 1 N–H and O–H groups in total. The van der Waals surface area contributed by atoms with E-state index in [1.807, 2.05) is 18.7 Å². The molecule has 1 aliphatic carbocycles. The van der Waals surface area contributed by atoms with Gasteiger partial charge in [-0.1, -0.05) is 6.07 Å². The van der Waals surface area contributed by atoms with Gasteiger partial charge in [0.25, 0.3) is 5.91 Å². The summed E-state index contributed by atoms with van der Waals surface area (Å²) in [5.74, 6) is -0.102. The summed E-state index contributed by atoms with van der Waals surface area (Å²) in [4.78, 5) is 21.9. The summed E-state index contributed by atoms with van der Waals surface area (Å²) < 4.78 is 27.7. The fraction of sp³-hybridized carbons (Fsp3) is 0.500. The van der Waals surface area contributed by atoms with Crippen molar-refractivity contribution in [3.8, 4) is 0 Å². The Hall–Kier alpha value is -1.81. The summed E-state index contributed by atoms with van der Waals surface area (Å²) in [6.45, 7) is 7.45. The highest BCUT2D eigenvalue weighted by atomic mass is 32.2. The van der Waals surface area contributed by atoms with Gasteiger partial charge in [-0.2, -0.15) is 0 Å². The number of hydrogen-bond acceptors (Lipinski definition) is 6. The summed E-state index contributed by atoms with van der Waals surface area (Å²) >= 11 is 1.65. The predicted molar refractivity (Wildman–Crippen MR) is 113 cm³/mol. The van der Waals surface area contributed by atoms with E-state index < -0.39 is 10.0 Å². The topological polar surface area (TPSA) is 82.6 Å². The second-order valence-corrected chi connectivity index (χ2v) is 10.6. The molecule has 2 fully saturated rings.